The second-order valence-corrected chi connectivity index (χ2v) is 6.68. The molecule has 28 heavy (non-hydrogen) atoms. The summed E-state index contributed by atoms with van der Waals surface area (Å²) in [6.07, 6.45) is 1.53. The maximum Gasteiger partial charge on any atom is 0.291 e. The Labute approximate surface area is 159 Å². The summed E-state index contributed by atoms with van der Waals surface area (Å²) < 4.78 is 11.3. The number of benzene rings is 2. The van der Waals surface area contributed by atoms with E-state index in [1.807, 2.05) is 0 Å². The van der Waals surface area contributed by atoms with Crippen molar-refractivity contribution >= 4 is 16.9 Å². The van der Waals surface area contributed by atoms with Crippen LogP contribution in [0.5, 0.6) is 5.75 Å². The van der Waals surface area contributed by atoms with Crippen molar-refractivity contribution in [3.05, 3.63) is 99.8 Å². The molecule has 2 aromatic heterocycles. The van der Waals surface area contributed by atoms with Crippen molar-refractivity contribution in [2.75, 3.05) is 0 Å². The highest BCUT2D eigenvalue weighted by Crippen LogP contribution is 2.39. The fraction of sp³-hybridized carbons (Fsp3) is 0.0909. The van der Waals surface area contributed by atoms with E-state index in [9.17, 15) is 14.7 Å². The van der Waals surface area contributed by atoms with Gasteiger partial charge in [0.2, 0.25) is 5.76 Å². The molecule has 4 aromatic rings. The first kappa shape index (κ1) is 16.4. The SMILES string of the molecule is O=C1c2oc3ccccc3c(=O)c2[C@H](c2cccc(O)c2)N1Cc1ccco1. The second-order valence-electron chi connectivity index (χ2n) is 6.68. The predicted molar refractivity (Wildman–Crippen MR) is 101 cm³/mol. The van der Waals surface area contributed by atoms with Gasteiger partial charge >= 0.3 is 0 Å². The highest BCUT2D eigenvalue weighted by molar-refractivity contribution is 5.99. The molecule has 1 aliphatic heterocycles. The number of amides is 1. The van der Waals surface area contributed by atoms with Crippen LogP contribution in [0.4, 0.5) is 0 Å². The zero-order chi connectivity index (χ0) is 19.3. The number of phenols is 1. The Balaban J connectivity index is 1.76. The number of carbonyl (C=O) groups is 1. The summed E-state index contributed by atoms with van der Waals surface area (Å²) in [5.41, 5.74) is 1.02. The molecule has 0 bridgehead atoms. The third-order valence-corrected chi connectivity index (χ3v) is 4.97. The molecule has 5 rings (SSSR count). The number of rotatable bonds is 3. The van der Waals surface area contributed by atoms with Crippen LogP contribution in [0.3, 0.4) is 0 Å². The summed E-state index contributed by atoms with van der Waals surface area (Å²) in [6, 6.07) is 16.2. The Kier molecular flexibility index (Phi) is 3.58. The van der Waals surface area contributed by atoms with Gasteiger partial charge in [-0.15, -0.1) is 0 Å². The van der Waals surface area contributed by atoms with Crippen molar-refractivity contribution < 1.29 is 18.7 Å². The van der Waals surface area contributed by atoms with Crippen molar-refractivity contribution in [2.24, 2.45) is 0 Å². The minimum atomic E-state index is -0.680. The van der Waals surface area contributed by atoms with Crippen LogP contribution in [0.15, 0.2) is 80.6 Å². The number of fused-ring (bicyclic) bond motifs is 2. The van der Waals surface area contributed by atoms with Gasteiger partial charge in [0.25, 0.3) is 5.91 Å². The Morgan fingerprint density at radius 2 is 1.86 bits per heavy atom. The zero-order valence-corrected chi connectivity index (χ0v) is 14.7. The zero-order valence-electron chi connectivity index (χ0n) is 14.7. The summed E-state index contributed by atoms with van der Waals surface area (Å²) in [5.74, 6) is 0.288. The second kappa shape index (κ2) is 6.13. The first-order valence-electron chi connectivity index (χ1n) is 8.81. The van der Waals surface area contributed by atoms with Gasteiger partial charge in [-0.2, -0.15) is 0 Å². The lowest BCUT2D eigenvalue weighted by atomic mass is 9.98. The summed E-state index contributed by atoms with van der Waals surface area (Å²) >= 11 is 0. The molecule has 0 fully saturated rings. The van der Waals surface area contributed by atoms with Crippen LogP contribution in [0.2, 0.25) is 0 Å². The molecular weight excluding hydrogens is 358 g/mol. The van der Waals surface area contributed by atoms with Gasteiger partial charge in [-0.1, -0.05) is 24.3 Å². The molecule has 0 spiro atoms. The van der Waals surface area contributed by atoms with E-state index in [2.05, 4.69) is 0 Å². The molecule has 1 N–H and O–H groups in total. The van der Waals surface area contributed by atoms with E-state index in [4.69, 9.17) is 8.83 Å². The number of aromatic hydroxyl groups is 1. The highest BCUT2D eigenvalue weighted by atomic mass is 16.4. The van der Waals surface area contributed by atoms with E-state index < -0.39 is 6.04 Å². The first-order valence-corrected chi connectivity index (χ1v) is 8.81. The summed E-state index contributed by atoms with van der Waals surface area (Å²) in [6.45, 7) is 0.173. The standard InChI is InChI=1S/C22H15NO5/c24-14-6-3-5-13(11-14)19-18-20(25)16-8-1-2-9-17(16)28-21(18)22(26)23(19)12-15-7-4-10-27-15/h1-11,19,24H,12H2/t19-/m0/s1. The molecule has 0 radical (unpaired) electrons. The molecule has 0 unspecified atom stereocenters. The molecule has 1 aliphatic rings. The Hall–Kier alpha value is -3.80. The van der Waals surface area contributed by atoms with Crippen LogP contribution in [0.25, 0.3) is 11.0 Å². The molecule has 1 atom stereocenters. The maximum absolute atomic E-state index is 13.3. The van der Waals surface area contributed by atoms with E-state index in [-0.39, 0.29) is 35.0 Å². The maximum atomic E-state index is 13.3. The predicted octanol–water partition coefficient (Wildman–Crippen LogP) is 3.84. The Bertz CT molecular complexity index is 1260. The minimum absolute atomic E-state index is 0.0311. The number of carbonyl (C=O) groups excluding carboxylic acids is 1. The van der Waals surface area contributed by atoms with Crippen molar-refractivity contribution in [1.82, 2.24) is 4.90 Å². The number of furan rings is 1. The fourth-order valence-electron chi connectivity index (χ4n) is 3.74. The average molecular weight is 373 g/mol. The van der Waals surface area contributed by atoms with Gasteiger partial charge in [-0.25, -0.2) is 0 Å². The normalized spacial score (nSPS) is 15.9. The van der Waals surface area contributed by atoms with E-state index in [1.54, 1.807) is 60.7 Å². The van der Waals surface area contributed by atoms with Crippen LogP contribution >= 0.6 is 0 Å². The molecule has 2 aromatic carbocycles. The molecule has 6 nitrogen and oxygen atoms in total. The van der Waals surface area contributed by atoms with E-state index in [1.165, 1.54) is 11.2 Å². The van der Waals surface area contributed by atoms with E-state index in [0.29, 0.717) is 22.3 Å². The van der Waals surface area contributed by atoms with E-state index >= 15 is 0 Å². The number of phenolic OH excluding ortho intramolecular Hbond substituents is 1. The third-order valence-electron chi connectivity index (χ3n) is 4.97. The molecule has 0 aliphatic carbocycles. The summed E-state index contributed by atoms with van der Waals surface area (Å²) in [7, 11) is 0. The molecule has 0 saturated heterocycles. The van der Waals surface area contributed by atoms with Crippen LogP contribution in [-0.2, 0) is 6.54 Å². The molecule has 0 saturated carbocycles. The third kappa shape index (κ3) is 2.42. The quantitative estimate of drug-likeness (QED) is 0.590. The van der Waals surface area contributed by atoms with Crippen molar-refractivity contribution in [3.8, 4) is 5.75 Å². The van der Waals surface area contributed by atoms with Crippen molar-refractivity contribution in [2.45, 2.75) is 12.6 Å². The first-order chi connectivity index (χ1) is 13.6. The van der Waals surface area contributed by atoms with Crippen LogP contribution in [-0.4, -0.2) is 15.9 Å². The molecule has 138 valence electrons. The minimum Gasteiger partial charge on any atom is -0.508 e. The van der Waals surface area contributed by atoms with Crippen molar-refractivity contribution in [3.63, 3.8) is 0 Å². The largest absolute Gasteiger partial charge is 0.508 e. The summed E-state index contributed by atoms with van der Waals surface area (Å²) in [4.78, 5) is 28.0. The number of para-hydroxylation sites is 1. The number of nitrogens with zero attached hydrogens (tertiary/aromatic N) is 1. The lowest BCUT2D eigenvalue weighted by molar-refractivity contribution is 0.0701. The van der Waals surface area contributed by atoms with Crippen LogP contribution in [0.1, 0.15) is 33.5 Å². The Morgan fingerprint density at radius 1 is 1.00 bits per heavy atom. The van der Waals surface area contributed by atoms with Gasteiger partial charge in [-0.3, -0.25) is 9.59 Å². The summed E-state index contributed by atoms with van der Waals surface area (Å²) in [5, 5.41) is 10.4. The lowest BCUT2D eigenvalue weighted by Gasteiger charge is -2.24. The van der Waals surface area contributed by atoms with Crippen LogP contribution < -0.4 is 5.43 Å². The van der Waals surface area contributed by atoms with Gasteiger partial charge in [0, 0.05) is 0 Å². The fourth-order valence-corrected chi connectivity index (χ4v) is 3.74. The number of hydrogen-bond acceptors (Lipinski definition) is 5. The van der Waals surface area contributed by atoms with E-state index in [0.717, 1.165) is 0 Å². The molecule has 3 heterocycles. The van der Waals surface area contributed by atoms with Crippen LogP contribution in [0, 0.1) is 0 Å². The average Bonchev–Trinajstić information content (AvgIpc) is 3.30. The van der Waals surface area contributed by atoms with Crippen molar-refractivity contribution in [1.29, 1.82) is 0 Å². The monoisotopic (exact) mass is 373 g/mol. The molecule has 1 amide bonds. The van der Waals surface area contributed by atoms with Gasteiger partial charge in [-0.05, 0) is 42.0 Å². The van der Waals surface area contributed by atoms with Gasteiger partial charge in [0.1, 0.15) is 17.1 Å². The molecule has 6 heteroatoms. The number of hydrogen-bond donors (Lipinski definition) is 1. The molecular formula is C22H15NO5. The highest BCUT2D eigenvalue weighted by Gasteiger charge is 2.43. The van der Waals surface area contributed by atoms with Gasteiger partial charge in [0.15, 0.2) is 5.43 Å². The topological polar surface area (TPSA) is 83.9 Å². The van der Waals surface area contributed by atoms with Gasteiger partial charge < -0.3 is 18.8 Å². The smallest absolute Gasteiger partial charge is 0.291 e. The Morgan fingerprint density at radius 3 is 2.64 bits per heavy atom. The van der Waals surface area contributed by atoms with Gasteiger partial charge in [0.05, 0.1) is 29.8 Å². The lowest BCUT2D eigenvalue weighted by Crippen LogP contribution is -2.29.